The average molecular weight is 151 g/mol. The van der Waals surface area contributed by atoms with E-state index in [1.165, 1.54) is 45.2 Å². The van der Waals surface area contributed by atoms with E-state index < -0.39 is 0 Å². The third-order valence-electron chi connectivity index (χ3n) is 4.15. The zero-order chi connectivity index (χ0) is 7.53. The molecule has 1 unspecified atom stereocenters. The van der Waals surface area contributed by atoms with Gasteiger partial charge in [-0.25, -0.2) is 0 Å². The zero-order valence-corrected chi connectivity index (χ0v) is 7.40. The van der Waals surface area contributed by atoms with E-state index in [1.54, 1.807) is 0 Å². The van der Waals surface area contributed by atoms with E-state index in [0.29, 0.717) is 5.54 Å². The molecule has 0 N–H and O–H groups in total. The normalized spacial score (nSPS) is 46.6. The third kappa shape index (κ3) is 0.752. The number of hydrogen-bond donors (Lipinski definition) is 0. The standard InChI is InChI=1S/C10H17N/c1-9-3-2-6-11(9)8-10(7-9)4-5-10/h2-8H2,1H3. The van der Waals surface area contributed by atoms with Gasteiger partial charge in [-0.3, -0.25) is 4.90 Å². The summed E-state index contributed by atoms with van der Waals surface area (Å²) in [7, 11) is 0. The van der Waals surface area contributed by atoms with Gasteiger partial charge in [0.15, 0.2) is 0 Å². The first kappa shape index (κ1) is 6.47. The second-order valence-corrected chi connectivity index (χ2v) is 5.20. The molecule has 1 aliphatic carbocycles. The fourth-order valence-corrected chi connectivity index (χ4v) is 3.33. The summed E-state index contributed by atoms with van der Waals surface area (Å²) in [5.41, 5.74) is 1.46. The fraction of sp³-hybridized carbons (Fsp3) is 1.00. The van der Waals surface area contributed by atoms with Gasteiger partial charge in [0.1, 0.15) is 0 Å². The number of fused-ring (bicyclic) bond motifs is 1. The van der Waals surface area contributed by atoms with Gasteiger partial charge in [0, 0.05) is 12.1 Å². The Kier molecular flexibility index (Phi) is 0.976. The molecule has 3 aliphatic rings. The Labute approximate surface area is 68.8 Å². The Morgan fingerprint density at radius 2 is 2.00 bits per heavy atom. The quantitative estimate of drug-likeness (QED) is 0.512. The van der Waals surface area contributed by atoms with Gasteiger partial charge in [0.05, 0.1) is 0 Å². The van der Waals surface area contributed by atoms with Crippen LogP contribution < -0.4 is 0 Å². The van der Waals surface area contributed by atoms with Crippen LogP contribution in [-0.4, -0.2) is 23.5 Å². The Balaban J connectivity index is 1.90. The summed E-state index contributed by atoms with van der Waals surface area (Å²) in [5, 5.41) is 0. The molecule has 62 valence electrons. The average Bonchev–Trinajstić information content (AvgIpc) is 2.47. The van der Waals surface area contributed by atoms with Crippen LogP contribution in [0.2, 0.25) is 0 Å². The maximum atomic E-state index is 2.75. The topological polar surface area (TPSA) is 3.24 Å². The molecule has 0 aromatic rings. The maximum absolute atomic E-state index is 2.75. The molecule has 2 aliphatic heterocycles. The Morgan fingerprint density at radius 1 is 1.18 bits per heavy atom. The number of hydrogen-bond acceptors (Lipinski definition) is 1. The van der Waals surface area contributed by atoms with Crippen LogP contribution in [0, 0.1) is 5.41 Å². The molecule has 1 heteroatoms. The van der Waals surface area contributed by atoms with E-state index in [1.807, 2.05) is 0 Å². The van der Waals surface area contributed by atoms with E-state index in [0.717, 1.165) is 5.41 Å². The second-order valence-electron chi connectivity index (χ2n) is 5.20. The van der Waals surface area contributed by atoms with Crippen molar-refractivity contribution in [1.29, 1.82) is 0 Å². The Bertz CT molecular complexity index is 195. The van der Waals surface area contributed by atoms with Gasteiger partial charge < -0.3 is 0 Å². The summed E-state index contributed by atoms with van der Waals surface area (Å²) in [5.74, 6) is 0. The van der Waals surface area contributed by atoms with Crippen molar-refractivity contribution in [3.05, 3.63) is 0 Å². The van der Waals surface area contributed by atoms with E-state index in [-0.39, 0.29) is 0 Å². The van der Waals surface area contributed by atoms with Crippen LogP contribution in [0.3, 0.4) is 0 Å². The van der Waals surface area contributed by atoms with Crippen LogP contribution in [-0.2, 0) is 0 Å². The van der Waals surface area contributed by atoms with Crippen LogP contribution in [0.4, 0.5) is 0 Å². The van der Waals surface area contributed by atoms with Gasteiger partial charge >= 0.3 is 0 Å². The minimum Gasteiger partial charge on any atom is -0.297 e. The lowest BCUT2D eigenvalue weighted by Gasteiger charge is -2.26. The smallest absolute Gasteiger partial charge is 0.0187 e. The molecule has 0 radical (unpaired) electrons. The van der Waals surface area contributed by atoms with Gasteiger partial charge in [-0.2, -0.15) is 0 Å². The highest BCUT2D eigenvalue weighted by atomic mass is 15.3. The lowest BCUT2D eigenvalue weighted by molar-refractivity contribution is 0.218. The first-order valence-electron chi connectivity index (χ1n) is 4.98. The first-order chi connectivity index (χ1) is 5.23. The van der Waals surface area contributed by atoms with Crippen molar-refractivity contribution in [3.8, 4) is 0 Å². The second kappa shape index (κ2) is 1.66. The van der Waals surface area contributed by atoms with Crippen LogP contribution in [0.15, 0.2) is 0 Å². The number of nitrogens with zero attached hydrogens (tertiary/aromatic N) is 1. The molecule has 1 atom stereocenters. The van der Waals surface area contributed by atoms with Crippen LogP contribution in [0.25, 0.3) is 0 Å². The summed E-state index contributed by atoms with van der Waals surface area (Å²) in [6.45, 7) is 5.30. The van der Waals surface area contributed by atoms with E-state index >= 15 is 0 Å². The third-order valence-corrected chi connectivity index (χ3v) is 4.15. The van der Waals surface area contributed by atoms with Crippen molar-refractivity contribution in [1.82, 2.24) is 4.90 Å². The SMILES string of the molecule is CC12CCCN1CC1(CC1)C2. The van der Waals surface area contributed by atoms with E-state index in [4.69, 9.17) is 0 Å². The first-order valence-corrected chi connectivity index (χ1v) is 4.98. The molecule has 1 saturated carbocycles. The predicted molar refractivity (Wildman–Crippen MR) is 45.5 cm³/mol. The highest BCUT2D eigenvalue weighted by molar-refractivity contribution is 5.11. The molecular weight excluding hydrogens is 134 g/mol. The maximum Gasteiger partial charge on any atom is 0.0187 e. The van der Waals surface area contributed by atoms with Gasteiger partial charge in [0.25, 0.3) is 0 Å². The lowest BCUT2D eigenvalue weighted by Crippen LogP contribution is -2.34. The van der Waals surface area contributed by atoms with Crippen LogP contribution >= 0.6 is 0 Å². The van der Waals surface area contributed by atoms with Crippen molar-refractivity contribution in [2.45, 2.75) is 44.6 Å². The molecule has 11 heavy (non-hydrogen) atoms. The molecule has 2 saturated heterocycles. The predicted octanol–water partition coefficient (Wildman–Crippen LogP) is 2.02. The monoisotopic (exact) mass is 151 g/mol. The molecule has 1 spiro atoms. The summed E-state index contributed by atoms with van der Waals surface area (Å²) in [4.78, 5) is 2.75. The highest BCUT2D eigenvalue weighted by Gasteiger charge is 2.57. The van der Waals surface area contributed by atoms with Crippen molar-refractivity contribution in [3.63, 3.8) is 0 Å². The van der Waals surface area contributed by atoms with E-state index in [9.17, 15) is 0 Å². The summed E-state index contributed by atoms with van der Waals surface area (Å²) < 4.78 is 0. The van der Waals surface area contributed by atoms with Gasteiger partial charge in [-0.15, -0.1) is 0 Å². The van der Waals surface area contributed by atoms with Crippen LogP contribution in [0.1, 0.15) is 39.0 Å². The largest absolute Gasteiger partial charge is 0.297 e. The molecule has 3 rings (SSSR count). The molecule has 1 nitrogen and oxygen atoms in total. The summed E-state index contributed by atoms with van der Waals surface area (Å²) >= 11 is 0. The van der Waals surface area contributed by atoms with Gasteiger partial charge in [0.2, 0.25) is 0 Å². The Morgan fingerprint density at radius 3 is 2.64 bits per heavy atom. The molecule has 0 aromatic heterocycles. The van der Waals surface area contributed by atoms with Gasteiger partial charge in [-0.1, -0.05) is 0 Å². The minimum absolute atomic E-state index is 0.635. The molecule has 2 heterocycles. The van der Waals surface area contributed by atoms with Crippen molar-refractivity contribution >= 4 is 0 Å². The Hall–Kier alpha value is -0.0400. The molecular formula is C10H17N. The highest BCUT2D eigenvalue weighted by Crippen LogP contribution is 2.60. The van der Waals surface area contributed by atoms with Crippen molar-refractivity contribution in [2.24, 2.45) is 5.41 Å². The van der Waals surface area contributed by atoms with Crippen LogP contribution in [0.5, 0.6) is 0 Å². The number of rotatable bonds is 0. The fourth-order valence-electron chi connectivity index (χ4n) is 3.33. The molecule has 0 bridgehead atoms. The molecule has 0 amide bonds. The van der Waals surface area contributed by atoms with Crippen molar-refractivity contribution < 1.29 is 0 Å². The lowest BCUT2D eigenvalue weighted by atomic mass is 9.90. The molecule has 3 fully saturated rings. The molecule has 0 aromatic carbocycles. The van der Waals surface area contributed by atoms with E-state index in [2.05, 4.69) is 11.8 Å². The summed E-state index contributed by atoms with van der Waals surface area (Å²) in [6.07, 6.45) is 7.49. The zero-order valence-electron chi connectivity index (χ0n) is 7.40. The minimum atomic E-state index is 0.635. The van der Waals surface area contributed by atoms with Crippen molar-refractivity contribution in [2.75, 3.05) is 13.1 Å². The summed E-state index contributed by atoms with van der Waals surface area (Å²) in [6, 6.07) is 0. The van der Waals surface area contributed by atoms with Gasteiger partial charge in [-0.05, 0) is 51.0 Å².